The van der Waals surface area contributed by atoms with Crippen LogP contribution < -0.4 is 10.6 Å². The number of aromatic nitrogens is 2. The number of nitrogens with zero attached hydrogens (tertiary/aromatic N) is 4. The van der Waals surface area contributed by atoms with Crippen molar-refractivity contribution in [2.24, 2.45) is 10.9 Å². The van der Waals surface area contributed by atoms with Crippen LogP contribution in [-0.4, -0.2) is 60.4 Å². The lowest BCUT2D eigenvalue weighted by atomic mass is 10.1. The standard InChI is InChI=1S/C26H34N6.HI/c1-27-26(28-16-12-23-8-10-25(11-9-23)32-17-5-15-30-32)29-20-24-14-19-31(21-24)18-13-22-6-3-2-4-7-22;/h2-11,15,17,24H,12-14,16,18-21H2,1H3,(H2,27,28,29);1H. The van der Waals surface area contributed by atoms with Gasteiger partial charge < -0.3 is 15.5 Å². The molecule has 4 rings (SSSR count). The predicted molar refractivity (Wildman–Crippen MR) is 147 cm³/mol. The van der Waals surface area contributed by atoms with E-state index in [0.717, 1.165) is 44.1 Å². The molecule has 1 aliphatic rings. The molecule has 0 bridgehead atoms. The molecule has 0 radical (unpaired) electrons. The van der Waals surface area contributed by atoms with Crippen LogP contribution in [-0.2, 0) is 12.8 Å². The van der Waals surface area contributed by atoms with Crippen molar-refractivity contribution in [3.63, 3.8) is 0 Å². The molecule has 7 heteroatoms. The smallest absolute Gasteiger partial charge is 0.190 e. The van der Waals surface area contributed by atoms with E-state index in [1.807, 2.05) is 24.0 Å². The Morgan fingerprint density at radius 2 is 1.79 bits per heavy atom. The number of rotatable bonds is 9. The summed E-state index contributed by atoms with van der Waals surface area (Å²) in [5, 5.41) is 11.2. The van der Waals surface area contributed by atoms with Gasteiger partial charge in [0.1, 0.15) is 0 Å². The largest absolute Gasteiger partial charge is 0.356 e. The summed E-state index contributed by atoms with van der Waals surface area (Å²) in [6, 6.07) is 21.3. The van der Waals surface area contributed by atoms with E-state index >= 15 is 0 Å². The summed E-state index contributed by atoms with van der Waals surface area (Å²) in [6.45, 7) is 5.33. The van der Waals surface area contributed by atoms with Gasteiger partial charge in [0.15, 0.2) is 5.96 Å². The summed E-state index contributed by atoms with van der Waals surface area (Å²) in [4.78, 5) is 6.98. The summed E-state index contributed by atoms with van der Waals surface area (Å²) >= 11 is 0. The van der Waals surface area contributed by atoms with Gasteiger partial charge in [0.05, 0.1) is 5.69 Å². The second-order valence-electron chi connectivity index (χ2n) is 8.44. The predicted octanol–water partition coefficient (Wildman–Crippen LogP) is 3.76. The van der Waals surface area contributed by atoms with Crippen LogP contribution >= 0.6 is 24.0 Å². The average molecular weight is 559 g/mol. The molecular formula is C26H35IN6. The van der Waals surface area contributed by atoms with Crippen LogP contribution in [0.15, 0.2) is 78.0 Å². The molecule has 2 aromatic carbocycles. The van der Waals surface area contributed by atoms with Gasteiger partial charge in [-0.15, -0.1) is 24.0 Å². The van der Waals surface area contributed by atoms with Gasteiger partial charge in [-0.05, 0) is 61.1 Å². The fourth-order valence-corrected chi connectivity index (χ4v) is 4.24. The lowest BCUT2D eigenvalue weighted by Gasteiger charge is -2.17. The molecule has 1 atom stereocenters. The van der Waals surface area contributed by atoms with Gasteiger partial charge in [-0.3, -0.25) is 4.99 Å². The summed E-state index contributed by atoms with van der Waals surface area (Å²) < 4.78 is 1.87. The van der Waals surface area contributed by atoms with Crippen LogP contribution in [0, 0.1) is 5.92 Å². The molecule has 2 heterocycles. The minimum Gasteiger partial charge on any atom is -0.356 e. The second-order valence-corrected chi connectivity index (χ2v) is 8.44. The summed E-state index contributed by atoms with van der Waals surface area (Å²) in [5.41, 5.74) is 3.81. The first kappa shape index (κ1) is 25.2. The maximum absolute atomic E-state index is 4.39. The van der Waals surface area contributed by atoms with Crippen molar-refractivity contribution in [2.45, 2.75) is 19.3 Å². The monoisotopic (exact) mass is 558 g/mol. The second kappa shape index (κ2) is 13.3. The zero-order valence-corrected chi connectivity index (χ0v) is 21.7. The summed E-state index contributed by atoms with van der Waals surface area (Å²) in [6.07, 6.45) is 7.09. The minimum absolute atomic E-state index is 0. The third kappa shape index (κ3) is 7.85. The van der Waals surface area contributed by atoms with Crippen LogP contribution in [0.5, 0.6) is 0 Å². The zero-order chi connectivity index (χ0) is 22.0. The van der Waals surface area contributed by atoms with Gasteiger partial charge in [-0.25, -0.2) is 4.68 Å². The van der Waals surface area contributed by atoms with Crippen LogP contribution in [0.3, 0.4) is 0 Å². The van der Waals surface area contributed by atoms with E-state index in [1.165, 1.54) is 30.6 Å². The van der Waals surface area contributed by atoms with E-state index < -0.39 is 0 Å². The van der Waals surface area contributed by atoms with Crippen molar-refractivity contribution in [3.05, 3.63) is 84.2 Å². The molecule has 2 N–H and O–H groups in total. The lowest BCUT2D eigenvalue weighted by molar-refractivity contribution is 0.328. The molecule has 6 nitrogen and oxygen atoms in total. The highest BCUT2D eigenvalue weighted by atomic mass is 127. The van der Waals surface area contributed by atoms with E-state index in [4.69, 9.17) is 0 Å². The topological polar surface area (TPSA) is 57.5 Å². The van der Waals surface area contributed by atoms with Crippen molar-refractivity contribution in [3.8, 4) is 5.69 Å². The molecule has 33 heavy (non-hydrogen) atoms. The number of aliphatic imine (C=N–C) groups is 1. The number of guanidine groups is 1. The number of hydrogen-bond donors (Lipinski definition) is 2. The molecule has 1 aliphatic heterocycles. The first-order valence-electron chi connectivity index (χ1n) is 11.6. The Morgan fingerprint density at radius 1 is 1.00 bits per heavy atom. The molecule has 0 spiro atoms. The van der Waals surface area contributed by atoms with Crippen LogP contribution in [0.4, 0.5) is 0 Å². The first-order valence-corrected chi connectivity index (χ1v) is 11.6. The van der Waals surface area contributed by atoms with Crippen LogP contribution in [0.1, 0.15) is 17.5 Å². The third-order valence-electron chi connectivity index (χ3n) is 6.12. The molecule has 0 amide bonds. The number of hydrogen-bond acceptors (Lipinski definition) is 3. The Balaban J connectivity index is 0.00000306. The highest BCUT2D eigenvalue weighted by molar-refractivity contribution is 14.0. The minimum atomic E-state index is 0. The quantitative estimate of drug-likeness (QED) is 0.239. The molecule has 0 aliphatic carbocycles. The maximum atomic E-state index is 4.39. The van der Waals surface area contributed by atoms with Crippen molar-refractivity contribution >= 4 is 29.9 Å². The summed E-state index contributed by atoms with van der Waals surface area (Å²) in [7, 11) is 1.84. The molecule has 0 saturated carbocycles. The van der Waals surface area contributed by atoms with Gasteiger partial charge in [-0.1, -0.05) is 42.5 Å². The fourth-order valence-electron chi connectivity index (χ4n) is 4.24. The first-order chi connectivity index (χ1) is 15.8. The molecule has 1 unspecified atom stereocenters. The van der Waals surface area contributed by atoms with Gasteiger partial charge in [0.25, 0.3) is 0 Å². The Kier molecular flexibility index (Phi) is 10.2. The van der Waals surface area contributed by atoms with E-state index in [0.29, 0.717) is 5.92 Å². The normalized spacial score (nSPS) is 16.4. The van der Waals surface area contributed by atoms with Crippen LogP contribution in [0.25, 0.3) is 5.69 Å². The Labute approximate surface area is 214 Å². The van der Waals surface area contributed by atoms with E-state index in [9.17, 15) is 0 Å². The fraction of sp³-hybridized carbons (Fsp3) is 0.385. The Bertz CT molecular complexity index is 956. The maximum Gasteiger partial charge on any atom is 0.190 e. The number of halogens is 1. The molecule has 1 fully saturated rings. The Morgan fingerprint density at radius 3 is 2.52 bits per heavy atom. The summed E-state index contributed by atoms with van der Waals surface area (Å²) in [5.74, 6) is 1.57. The van der Waals surface area contributed by atoms with Crippen LogP contribution in [0.2, 0.25) is 0 Å². The van der Waals surface area contributed by atoms with Crippen molar-refractivity contribution in [1.29, 1.82) is 0 Å². The van der Waals surface area contributed by atoms with Crippen molar-refractivity contribution in [2.75, 3.05) is 39.8 Å². The van der Waals surface area contributed by atoms with E-state index in [1.54, 1.807) is 6.20 Å². The SMILES string of the molecule is CN=C(NCCc1ccc(-n2cccn2)cc1)NCC1CCN(CCc2ccccc2)C1.I. The number of nitrogens with one attached hydrogen (secondary N) is 2. The van der Waals surface area contributed by atoms with Gasteiger partial charge >= 0.3 is 0 Å². The highest BCUT2D eigenvalue weighted by Gasteiger charge is 2.22. The zero-order valence-electron chi connectivity index (χ0n) is 19.4. The molecule has 1 aromatic heterocycles. The lowest BCUT2D eigenvalue weighted by Crippen LogP contribution is -2.41. The molecule has 3 aromatic rings. The average Bonchev–Trinajstić information content (AvgIpc) is 3.54. The van der Waals surface area contributed by atoms with E-state index in [-0.39, 0.29) is 24.0 Å². The van der Waals surface area contributed by atoms with Gasteiger partial charge in [0, 0.05) is 45.6 Å². The molecule has 176 valence electrons. The molecular weight excluding hydrogens is 523 g/mol. The van der Waals surface area contributed by atoms with Crippen molar-refractivity contribution < 1.29 is 0 Å². The highest BCUT2D eigenvalue weighted by Crippen LogP contribution is 2.16. The number of likely N-dealkylation sites (tertiary alicyclic amines) is 1. The Hall–Kier alpha value is -2.39. The van der Waals surface area contributed by atoms with Gasteiger partial charge in [-0.2, -0.15) is 5.10 Å². The molecule has 1 saturated heterocycles. The van der Waals surface area contributed by atoms with E-state index in [2.05, 4.69) is 80.2 Å². The third-order valence-corrected chi connectivity index (χ3v) is 6.12. The van der Waals surface area contributed by atoms with Crippen molar-refractivity contribution in [1.82, 2.24) is 25.3 Å². The number of benzene rings is 2. The van der Waals surface area contributed by atoms with Gasteiger partial charge in [0.2, 0.25) is 0 Å².